The Hall–Kier alpha value is -0.410. The van der Waals surface area contributed by atoms with Crippen LogP contribution in [-0.2, 0) is 0 Å². The fourth-order valence-electron chi connectivity index (χ4n) is 2.58. The van der Waals surface area contributed by atoms with Gasteiger partial charge in [-0.1, -0.05) is 25.8 Å². The molecule has 1 aliphatic heterocycles. The second-order valence-corrected chi connectivity index (χ2v) is 5.63. The molecular formula is C14H21BrN2. The van der Waals surface area contributed by atoms with Crippen molar-refractivity contribution in [2.45, 2.75) is 45.1 Å². The standard InChI is InChI=1S/C14H21BrN2/c1-2-3-9-17-10-5-4-6-13(17)12-7-8-14(15)16-11-12/h7-8,11,13H,2-6,9-10H2,1H3/t13-/m1/s1. The van der Waals surface area contributed by atoms with Crippen molar-refractivity contribution < 1.29 is 0 Å². The third-order valence-corrected chi connectivity index (χ3v) is 4.02. The Bertz CT molecular complexity index is 337. The number of piperidine rings is 1. The highest BCUT2D eigenvalue weighted by molar-refractivity contribution is 9.10. The first-order valence-electron chi connectivity index (χ1n) is 6.66. The van der Waals surface area contributed by atoms with Crippen molar-refractivity contribution in [1.82, 2.24) is 9.88 Å². The molecule has 0 spiro atoms. The molecule has 0 unspecified atom stereocenters. The second kappa shape index (κ2) is 6.50. The van der Waals surface area contributed by atoms with Crippen LogP contribution in [0.25, 0.3) is 0 Å². The molecule has 94 valence electrons. The maximum Gasteiger partial charge on any atom is 0.106 e. The Balaban J connectivity index is 2.07. The summed E-state index contributed by atoms with van der Waals surface area (Å²) in [5.74, 6) is 0. The normalized spacial score (nSPS) is 21.6. The van der Waals surface area contributed by atoms with Gasteiger partial charge in [0.05, 0.1) is 0 Å². The molecule has 0 radical (unpaired) electrons. The van der Waals surface area contributed by atoms with Crippen molar-refractivity contribution in [3.8, 4) is 0 Å². The summed E-state index contributed by atoms with van der Waals surface area (Å²) in [6, 6.07) is 4.87. The number of pyridine rings is 1. The second-order valence-electron chi connectivity index (χ2n) is 4.82. The maximum absolute atomic E-state index is 4.36. The van der Waals surface area contributed by atoms with E-state index in [0.717, 1.165) is 4.60 Å². The van der Waals surface area contributed by atoms with Gasteiger partial charge in [-0.2, -0.15) is 0 Å². The van der Waals surface area contributed by atoms with E-state index in [1.165, 1.54) is 50.8 Å². The van der Waals surface area contributed by atoms with Crippen LogP contribution in [0, 0.1) is 0 Å². The molecule has 0 aliphatic carbocycles. The first-order valence-corrected chi connectivity index (χ1v) is 7.46. The van der Waals surface area contributed by atoms with Gasteiger partial charge >= 0.3 is 0 Å². The van der Waals surface area contributed by atoms with E-state index in [4.69, 9.17) is 0 Å². The number of hydrogen-bond donors (Lipinski definition) is 0. The summed E-state index contributed by atoms with van der Waals surface area (Å²) >= 11 is 3.40. The van der Waals surface area contributed by atoms with Gasteiger partial charge in [0.1, 0.15) is 4.60 Å². The van der Waals surface area contributed by atoms with Gasteiger partial charge in [-0.3, -0.25) is 4.90 Å². The maximum atomic E-state index is 4.36. The molecule has 17 heavy (non-hydrogen) atoms. The van der Waals surface area contributed by atoms with E-state index in [0.29, 0.717) is 6.04 Å². The highest BCUT2D eigenvalue weighted by Gasteiger charge is 2.23. The van der Waals surface area contributed by atoms with Gasteiger partial charge in [-0.15, -0.1) is 0 Å². The van der Waals surface area contributed by atoms with Crippen LogP contribution in [0.1, 0.15) is 50.6 Å². The minimum atomic E-state index is 0.593. The molecule has 0 aromatic carbocycles. The Morgan fingerprint density at radius 1 is 1.41 bits per heavy atom. The van der Waals surface area contributed by atoms with Crippen LogP contribution >= 0.6 is 15.9 Å². The number of rotatable bonds is 4. The molecule has 1 aromatic rings. The predicted octanol–water partition coefficient (Wildman–Crippen LogP) is 4.17. The number of halogens is 1. The summed E-state index contributed by atoms with van der Waals surface area (Å²) in [6.07, 6.45) is 8.60. The van der Waals surface area contributed by atoms with Gasteiger partial charge in [0, 0.05) is 12.2 Å². The molecule has 3 heteroatoms. The number of unbranched alkanes of at least 4 members (excludes halogenated alkanes) is 1. The molecule has 1 atom stereocenters. The lowest BCUT2D eigenvalue weighted by Gasteiger charge is -2.35. The summed E-state index contributed by atoms with van der Waals surface area (Å²) in [5, 5.41) is 0. The highest BCUT2D eigenvalue weighted by atomic mass is 79.9. The van der Waals surface area contributed by atoms with Gasteiger partial charge in [0.25, 0.3) is 0 Å². The fraction of sp³-hybridized carbons (Fsp3) is 0.643. The van der Waals surface area contributed by atoms with Crippen molar-refractivity contribution >= 4 is 15.9 Å². The smallest absolute Gasteiger partial charge is 0.106 e. The van der Waals surface area contributed by atoms with E-state index < -0.39 is 0 Å². The molecule has 0 bridgehead atoms. The summed E-state index contributed by atoms with van der Waals surface area (Å²) in [7, 11) is 0. The van der Waals surface area contributed by atoms with Crippen LogP contribution in [-0.4, -0.2) is 23.0 Å². The lowest BCUT2D eigenvalue weighted by Crippen LogP contribution is -2.34. The van der Waals surface area contributed by atoms with Crippen LogP contribution in [0.15, 0.2) is 22.9 Å². The summed E-state index contributed by atoms with van der Waals surface area (Å²) < 4.78 is 0.928. The average molecular weight is 297 g/mol. The van der Waals surface area contributed by atoms with Crippen molar-refractivity contribution in [2.75, 3.05) is 13.1 Å². The van der Waals surface area contributed by atoms with Crippen molar-refractivity contribution in [3.05, 3.63) is 28.5 Å². The predicted molar refractivity (Wildman–Crippen MR) is 75.0 cm³/mol. The van der Waals surface area contributed by atoms with E-state index in [-0.39, 0.29) is 0 Å². The van der Waals surface area contributed by atoms with Crippen LogP contribution in [0.4, 0.5) is 0 Å². The van der Waals surface area contributed by atoms with Crippen LogP contribution < -0.4 is 0 Å². The Morgan fingerprint density at radius 2 is 2.29 bits per heavy atom. The molecule has 0 amide bonds. The molecule has 1 fully saturated rings. The van der Waals surface area contributed by atoms with Crippen molar-refractivity contribution in [1.29, 1.82) is 0 Å². The zero-order valence-electron chi connectivity index (χ0n) is 10.5. The van der Waals surface area contributed by atoms with E-state index in [9.17, 15) is 0 Å². The molecule has 1 aliphatic rings. The summed E-state index contributed by atoms with van der Waals surface area (Å²) in [4.78, 5) is 7.00. The molecule has 1 aromatic heterocycles. The zero-order chi connectivity index (χ0) is 12.1. The van der Waals surface area contributed by atoms with Gasteiger partial charge < -0.3 is 0 Å². The largest absolute Gasteiger partial charge is 0.296 e. The minimum Gasteiger partial charge on any atom is -0.296 e. The molecule has 2 rings (SSSR count). The van der Waals surface area contributed by atoms with Gasteiger partial charge in [0.2, 0.25) is 0 Å². The molecule has 2 nitrogen and oxygen atoms in total. The van der Waals surface area contributed by atoms with Crippen molar-refractivity contribution in [2.24, 2.45) is 0 Å². The zero-order valence-corrected chi connectivity index (χ0v) is 12.1. The Morgan fingerprint density at radius 3 is 3.00 bits per heavy atom. The SMILES string of the molecule is CCCCN1CCCC[C@@H]1c1ccc(Br)nc1. The first kappa shape index (κ1) is 13.0. The Labute approximate surface area is 113 Å². The monoisotopic (exact) mass is 296 g/mol. The third-order valence-electron chi connectivity index (χ3n) is 3.55. The van der Waals surface area contributed by atoms with E-state index in [1.54, 1.807) is 0 Å². The molecule has 0 saturated carbocycles. The minimum absolute atomic E-state index is 0.593. The number of likely N-dealkylation sites (tertiary alicyclic amines) is 1. The molecule has 2 heterocycles. The van der Waals surface area contributed by atoms with Crippen LogP contribution in [0.3, 0.4) is 0 Å². The summed E-state index contributed by atoms with van der Waals surface area (Å²) in [6.45, 7) is 4.75. The topological polar surface area (TPSA) is 16.1 Å². The molecule has 1 saturated heterocycles. The van der Waals surface area contributed by atoms with Crippen molar-refractivity contribution in [3.63, 3.8) is 0 Å². The van der Waals surface area contributed by atoms with Crippen LogP contribution in [0.2, 0.25) is 0 Å². The highest BCUT2D eigenvalue weighted by Crippen LogP contribution is 2.30. The number of aromatic nitrogens is 1. The molecular weight excluding hydrogens is 276 g/mol. The quantitative estimate of drug-likeness (QED) is 0.775. The lowest BCUT2D eigenvalue weighted by atomic mass is 9.96. The third kappa shape index (κ3) is 3.52. The summed E-state index contributed by atoms with van der Waals surface area (Å²) in [5.41, 5.74) is 1.38. The fourth-order valence-corrected chi connectivity index (χ4v) is 2.82. The lowest BCUT2D eigenvalue weighted by molar-refractivity contribution is 0.146. The van der Waals surface area contributed by atoms with Gasteiger partial charge in [-0.05, 0) is 59.9 Å². The van der Waals surface area contributed by atoms with E-state index >= 15 is 0 Å². The number of hydrogen-bond acceptors (Lipinski definition) is 2. The molecule has 0 N–H and O–H groups in total. The van der Waals surface area contributed by atoms with Gasteiger partial charge in [0.15, 0.2) is 0 Å². The van der Waals surface area contributed by atoms with E-state index in [2.05, 4.69) is 44.9 Å². The van der Waals surface area contributed by atoms with Crippen LogP contribution in [0.5, 0.6) is 0 Å². The Kier molecular flexibility index (Phi) is 4.99. The van der Waals surface area contributed by atoms with E-state index in [1.807, 2.05) is 6.20 Å². The average Bonchev–Trinajstić information content (AvgIpc) is 2.38. The first-order chi connectivity index (χ1) is 8.31. The van der Waals surface area contributed by atoms with Gasteiger partial charge in [-0.25, -0.2) is 4.98 Å². The number of nitrogens with zero attached hydrogens (tertiary/aromatic N) is 2.